The Morgan fingerprint density at radius 3 is 2.17 bits per heavy atom. The number of carbonyl (C=O) groups excluding carboxylic acids is 1. The standard InChI is InChI=1S/C7H14N2O2S/c1-7(10)8-3-5-9(6-4-8)12(2)11/h3-6H2,1-2H3. The van der Waals surface area contributed by atoms with Crippen LogP contribution in [-0.2, 0) is 16.2 Å². The molecule has 5 heteroatoms. The van der Waals surface area contributed by atoms with Crippen molar-refractivity contribution in [2.45, 2.75) is 6.92 Å². The SMILES string of the molecule is CC(=O)N1CCN([S+](C)[O-])CC1. The Hall–Kier alpha value is -0.260. The largest absolute Gasteiger partial charge is 0.598 e. The van der Waals surface area contributed by atoms with Crippen molar-refractivity contribution in [3.63, 3.8) is 0 Å². The first kappa shape index (κ1) is 9.83. The second-order valence-corrected chi connectivity index (χ2v) is 4.22. The Bertz CT molecular complexity index is 167. The maximum atomic E-state index is 11.0. The fraction of sp³-hybridized carbons (Fsp3) is 0.857. The number of nitrogens with zero attached hydrogens (tertiary/aromatic N) is 2. The van der Waals surface area contributed by atoms with Gasteiger partial charge in [-0.2, -0.15) is 0 Å². The van der Waals surface area contributed by atoms with Gasteiger partial charge in [-0.05, 0) is 0 Å². The third kappa shape index (κ3) is 2.36. The van der Waals surface area contributed by atoms with Gasteiger partial charge < -0.3 is 9.45 Å². The van der Waals surface area contributed by atoms with Crippen LogP contribution < -0.4 is 0 Å². The van der Waals surface area contributed by atoms with Crippen LogP contribution in [0.5, 0.6) is 0 Å². The first-order chi connectivity index (χ1) is 5.61. The molecule has 1 saturated heterocycles. The van der Waals surface area contributed by atoms with Crippen molar-refractivity contribution in [1.82, 2.24) is 9.21 Å². The van der Waals surface area contributed by atoms with E-state index in [1.54, 1.807) is 18.1 Å². The van der Waals surface area contributed by atoms with Gasteiger partial charge in [-0.15, -0.1) is 4.31 Å². The van der Waals surface area contributed by atoms with Crippen molar-refractivity contribution in [2.24, 2.45) is 0 Å². The zero-order chi connectivity index (χ0) is 9.14. The van der Waals surface area contributed by atoms with Gasteiger partial charge in [0.2, 0.25) is 5.91 Å². The van der Waals surface area contributed by atoms with Crippen LogP contribution in [0.1, 0.15) is 6.92 Å². The second-order valence-electron chi connectivity index (χ2n) is 2.86. The number of piperazine rings is 1. The summed E-state index contributed by atoms with van der Waals surface area (Å²) in [7, 11) is 0. The van der Waals surface area contributed by atoms with Crippen LogP contribution in [0, 0.1) is 0 Å². The lowest BCUT2D eigenvalue weighted by Gasteiger charge is -2.32. The Morgan fingerprint density at radius 1 is 1.33 bits per heavy atom. The summed E-state index contributed by atoms with van der Waals surface area (Å²) < 4.78 is 12.9. The predicted molar refractivity (Wildman–Crippen MR) is 47.9 cm³/mol. The van der Waals surface area contributed by atoms with E-state index in [2.05, 4.69) is 0 Å². The van der Waals surface area contributed by atoms with Crippen molar-refractivity contribution in [3.8, 4) is 0 Å². The summed E-state index contributed by atoms with van der Waals surface area (Å²) >= 11 is -0.885. The van der Waals surface area contributed by atoms with Gasteiger partial charge in [-0.25, -0.2) is 0 Å². The van der Waals surface area contributed by atoms with Crippen LogP contribution in [0.3, 0.4) is 0 Å². The molecule has 0 aromatic heterocycles. The number of hydrogen-bond acceptors (Lipinski definition) is 3. The smallest absolute Gasteiger partial charge is 0.219 e. The molecule has 12 heavy (non-hydrogen) atoms. The van der Waals surface area contributed by atoms with Gasteiger partial charge in [0.05, 0.1) is 13.1 Å². The Kier molecular flexibility index (Phi) is 3.37. The first-order valence-corrected chi connectivity index (χ1v) is 5.47. The van der Waals surface area contributed by atoms with E-state index in [0.29, 0.717) is 13.1 Å². The molecule has 0 saturated carbocycles. The first-order valence-electron chi connectivity index (χ1n) is 3.95. The van der Waals surface area contributed by atoms with Gasteiger partial charge in [-0.1, -0.05) is 0 Å². The number of hydrogen-bond donors (Lipinski definition) is 0. The third-order valence-electron chi connectivity index (χ3n) is 2.05. The molecule has 1 atom stereocenters. The van der Waals surface area contributed by atoms with E-state index in [0.717, 1.165) is 13.1 Å². The van der Waals surface area contributed by atoms with E-state index in [9.17, 15) is 9.35 Å². The van der Waals surface area contributed by atoms with E-state index in [4.69, 9.17) is 0 Å². The molecule has 1 aliphatic rings. The number of carbonyl (C=O) groups is 1. The molecule has 1 amide bonds. The van der Waals surface area contributed by atoms with Gasteiger partial charge in [0, 0.05) is 31.4 Å². The van der Waals surface area contributed by atoms with Gasteiger partial charge in [0.25, 0.3) is 0 Å². The highest BCUT2D eigenvalue weighted by molar-refractivity contribution is 7.88. The van der Waals surface area contributed by atoms with Gasteiger partial charge in [-0.3, -0.25) is 4.79 Å². The Balaban J connectivity index is 2.34. The highest BCUT2D eigenvalue weighted by atomic mass is 32.2. The van der Waals surface area contributed by atoms with Crippen molar-refractivity contribution in [3.05, 3.63) is 0 Å². The Morgan fingerprint density at radius 2 is 1.83 bits per heavy atom. The zero-order valence-electron chi connectivity index (χ0n) is 7.45. The fourth-order valence-corrected chi connectivity index (χ4v) is 1.94. The van der Waals surface area contributed by atoms with Crippen molar-refractivity contribution >= 4 is 17.3 Å². The van der Waals surface area contributed by atoms with Crippen molar-refractivity contribution in [2.75, 3.05) is 32.4 Å². The molecule has 0 bridgehead atoms. The maximum absolute atomic E-state index is 11.0. The predicted octanol–water partition coefficient (Wildman–Crippen LogP) is -0.556. The molecule has 4 nitrogen and oxygen atoms in total. The Labute approximate surface area is 75.8 Å². The lowest BCUT2D eigenvalue weighted by Crippen LogP contribution is -2.49. The summed E-state index contributed by atoms with van der Waals surface area (Å²) in [5, 5.41) is 0. The minimum absolute atomic E-state index is 0.108. The molecule has 0 radical (unpaired) electrons. The van der Waals surface area contributed by atoms with E-state index < -0.39 is 11.4 Å². The van der Waals surface area contributed by atoms with Gasteiger partial charge >= 0.3 is 0 Å². The van der Waals surface area contributed by atoms with Crippen LogP contribution in [0.4, 0.5) is 0 Å². The fourth-order valence-electron chi connectivity index (χ4n) is 1.26. The molecule has 0 aromatic rings. The van der Waals surface area contributed by atoms with Crippen LogP contribution in [0.2, 0.25) is 0 Å². The molecule has 0 spiro atoms. The van der Waals surface area contributed by atoms with Crippen LogP contribution in [-0.4, -0.2) is 52.1 Å². The summed E-state index contributed by atoms with van der Waals surface area (Å²) in [5.74, 6) is 0.108. The summed E-state index contributed by atoms with van der Waals surface area (Å²) in [6.07, 6.45) is 1.67. The molecule has 0 aromatic carbocycles. The highest BCUT2D eigenvalue weighted by Crippen LogP contribution is 2.05. The third-order valence-corrected chi connectivity index (χ3v) is 3.14. The molecular formula is C7H14N2O2S. The average Bonchev–Trinajstić information content (AvgIpc) is 2.04. The summed E-state index contributed by atoms with van der Waals surface area (Å²) in [4.78, 5) is 12.7. The maximum Gasteiger partial charge on any atom is 0.219 e. The molecule has 1 fully saturated rings. The molecule has 1 aliphatic heterocycles. The lowest BCUT2D eigenvalue weighted by atomic mass is 10.3. The minimum atomic E-state index is -0.885. The van der Waals surface area contributed by atoms with Crippen LogP contribution in [0.15, 0.2) is 0 Å². The van der Waals surface area contributed by atoms with E-state index in [1.165, 1.54) is 0 Å². The normalized spacial score (nSPS) is 22.4. The van der Waals surface area contributed by atoms with Crippen molar-refractivity contribution < 1.29 is 9.35 Å². The molecule has 70 valence electrons. The summed E-state index contributed by atoms with van der Waals surface area (Å²) in [6, 6.07) is 0. The lowest BCUT2D eigenvalue weighted by molar-refractivity contribution is -0.129. The second kappa shape index (κ2) is 4.11. The van der Waals surface area contributed by atoms with E-state index >= 15 is 0 Å². The number of rotatable bonds is 1. The molecule has 1 unspecified atom stereocenters. The molecule has 1 heterocycles. The van der Waals surface area contributed by atoms with Crippen molar-refractivity contribution in [1.29, 1.82) is 0 Å². The summed E-state index contributed by atoms with van der Waals surface area (Å²) in [6.45, 7) is 4.42. The topological polar surface area (TPSA) is 46.6 Å². The van der Waals surface area contributed by atoms with Crippen LogP contribution in [0.25, 0.3) is 0 Å². The summed E-state index contributed by atoms with van der Waals surface area (Å²) in [5.41, 5.74) is 0. The van der Waals surface area contributed by atoms with Gasteiger partial charge in [0.1, 0.15) is 6.26 Å². The number of amides is 1. The molecule has 1 rings (SSSR count). The van der Waals surface area contributed by atoms with Crippen LogP contribution >= 0.6 is 0 Å². The quantitative estimate of drug-likeness (QED) is 0.521. The molecule has 0 N–H and O–H groups in total. The molecular weight excluding hydrogens is 176 g/mol. The van der Waals surface area contributed by atoms with Gasteiger partial charge in [0.15, 0.2) is 0 Å². The average molecular weight is 190 g/mol. The van der Waals surface area contributed by atoms with E-state index in [-0.39, 0.29) is 5.91 Å². The highest BCUT2D eigenvalue weighted by Gasteiger charge is 2.23. The minimum Gasteiger partial charge on any atom is -0.598 e. The van der Waals surface area contributed by atoms with E-state index in [1.807, 2.05) is 4.31 Å². The zero-order valence-corrected chi connectivity index (χ0v) is 8.26. The monoisotopic (exact) mass is 190 g/mol. The molecule has 0 aliphatic carbocycles.